The van der Waals surface area contributed by atoms with Gasteiger partial charge in [0.2, 0.25) is 11.8 Å². The van der Waals surface area contributed by atoms with Crippen LogP contribution in [0, 0.1) is 29.6 Å². The number of hydrogen-bond acceptors (Lipinski definition) is 10. The van der Waals surface area contributed by atoms with Crippen LogP contribution in [0.2, 0.25) is 0 Å². The van der Waals surface area contributed by atoms with Crippen LogP contribution in [-0.2, 0) is 19.1 Å². The van der Waals surface area contributed by atoms with E-state index in [4.69, 9.17) is 14.2 Å². The number of benzene rings is 3. The van der Waals surface area contributed by atoms with Crippen molar-refractivity contribution in [3.05, 3.63) is 96.9 Å². The number of nitrogens with zero attached hydrogens (tertiary/aromatic N) is 1. The minimum atomic E-state index is -0.436. The molecule has 3 heterocycles. The van der Waals surface area contributed by atoms with Gasteiger partial charge in [0.25, 0.3) is 5.91 Å². The second-order valence-corrected chi connectivity index (χ2v) is 16.1. The van der Waals surface area contributed by atoms with Crippen molar-refractivity contribution in [2.75, 3.05) is 30.5 Å². The maximum Gasteiger partial charge on any atom is 0.338 e. The summed E-state index contributed by atoms with van der Waals surface area (Å²) in [5.41, 5.74) is 2.37. The number of fused-ring (bicyclic) bond motifs is 9. The van der Waals surface area contributed by atoms with E-state index in [1.54, 1.807) is 61.2 Å². The van der Waals surface area contributed by atoms with Gasteiger partial charge < -0.3 is 24.5 Å². The zero-order valence-corrected chi connectivity index (χ0v) is 30.6. The third-order valence-corrected chi connectivity index (χ3v) is 13.5. The fourth-order valence-corrected chi connectivity index (χ4v) is 11.6. The molecule has 3 amide bonds. The zero-order chi connectivity index (χ0) is 35.6. The van der Waals surface area contributed by atoms with Crippen molar-refractivity contribution in [3.63, 3.8) is 0 Å². The van der Waals surface area contributed by atoms with E-state index >= 15 is 0 Å². The maximum atomic E-state index is 14.0. The highest BCUT2D eigenvalue weighted by Gasteiger charge is 2.69. The van der Waals surface area contributed by atoms with Crippen molar-refractivity contribution in [2.24, 2.45) is 29.6 Å². The molecule has 0 spiro atoms. The topological polar surface area (TPSA) is 144 Å². The number of nitrogens with one attached hydrogen (secondary N) is 2. The van der Waals surface area contributed by atoms with Crippen molar-refractivity contribution in [1.29, 1.82) is 0 Å². The number of hydrogen-bond donors (Lipinski definition) is 2. The molecule has 3 aromatic carbocycles. The number of H-pyrrole nitrogens is 1. The Morgan fingerprint density at radius 2 is 1.69 bits per heavy atom. The van der Waals surface area contributed by atoms with E-state index in [0.717, 1.165) is 26.4 Å². The standard InChI is InChI=1S/C37H32BrN3O8S2/c1-3-48-36(45)17-4-9-20(10-5-17)39-26(42)16-49-24-13-6-18(14-25(24)47-2)27-28-22-15-23(31(28)50-33-32(27)51-37(46)40-33)30-29(22)34(43)41(35(30)44)21-11-7-19(38)8-12-21/h4-14,22-23,27-31H,3,15-16H2,1-2H3,(H,39,42)(H,40,46)/t22-,23-,27-,28?,29?,30?,31?/m1/s1. The van der Waals surface area contributed by atoms with Gasteiger partial charge in [-0.15, -0.1) is 11.8 Å². The number of aromatic amines is 1. The Kier molecular flexibility index (Phi) is 8.79. The summed E-state index contributed by atoms with van der Waals surface area (Å²) in [5, 5.41) is 3.61. The van der Waals surface area contributed by atoms with Crippen LogP contribution in [0.3, 0.4) is 0 Å². The van der Waals surface area contributed by atoms with Crippen molar-refractivity contribution in [3.8, 4) is 11.5 Å². The molecule has 262 valence electrons. The summed E-state index contributed by atoms with van der Waals surface area (Å²) in [5.74, 6) is -1.38. The number of rotatable bonds is 9. The Morgan fingerprint density at radius 3 is 2.39 bits per heavy atom. The van der Waals surface area contributed by atoms with Gasteiger partial charge in [-0.3, -0.25) is 24.1 Å². The highest BCUT2D eigenvalue weighted by molar-refractivity contribution is 9.10. The quantitative estimate of drug-likeness (QED) is 0.152. The Morgan fingerprint density at radius 1 is 0.961 bits per heavy atom. The van der Waals surface area contributed by atoms with Crippen LogP contribution in [0.1, 0.15) is 40.1 Å². The third kappa shape index (κ3) is 5.77. The number of imide groups is 1. The first-order valence-corrected chi connectivity index (χ1v) is 19.1. The first kappa shape index (κ1) is 33.7. The molecule has 14 heteroatoms. The predicted octanol–water partition coefficient (Wildman–Crippen LogP) is 6.08. The number of carbonyl (C=O) groups is 4. The molecule has 4 unspecified atom stereocenters. The number of carbonyl (C=O) groups excluding carboxylic acids is 4. The molecule has 4 aliphatic rings. The molecule has 1 aromatic heterocycles. The third-order valence-electron chi connectivity index (χ3n) is 10.4. The van der Waals surface area contributed by atoms with E-state index < -0.39 is 17.8 Å². The summed E-state index contributed by atoms with van der Waals surface area (Å²) in [7, 11) is 1.53. The van der Waals surface area contributed by atoms with E-state index in [2.05, 4.69) is 26.2 Å². The first-order chi connectivity index (χ1) is 24.7. The molecular formula is C37H32BrN3O8S2. The molecular weight excluding hydrogens is 758 g/mol. The number of esters is 1. The predicted molar refractivity (Wildman–Crippen MR) is 195 cm³/mol. The van der Waals surface area contributed by atoms with Crippen molar-refractivity contribution in [1.82, 2.24) is 4.98 Å². The van der Waals surface area contributed by atoms with Crippen molar-refractivity contribution >= 4 is 74.1 Å². The molecule has 11 nitrogen and oxygen atoms in total. The fraction of sp³-hybridized carbons (Fsp3) is 0.324. The lowest BCUT2D eigenvalue weighted by atomic mass is 9.68. The Balaban J connectivity index is 1.03. The molecule has 8 rings (SSSR count). The van der Waals surface area contributed by atoms with E-state index in [0.29, 0.717) is 28.4 Å². The second-order valence-electron chi connectivity index (χ2n) is 13.0. The van der Waals surface area contributed by atoms with Gasteiger partial charge in [0, 0.05) is 26.2 Å². The highest BCUT2D eigenvalue weighted by Crippen LogP contribution is 2.68. The van der Waals surface area contributed by atoms with E-state index in [1.165, 1.54) is 23.3 Å². The molecule has 1 saturated heterocycles. The van der Waals surface area contributed by atoms with Crippen LogP contribution in [0.5, 0.6) is 11.5 Å². The van der Waals surface area contributed by atoms with Gasteiger partial charge in [-0.25, -0.2) is 4.79 Å². The summed E-state index contributed by atoms with van der Waals surface area (Å²) in [6.45, 7) is 1.71. The highest BCUT2D eigenvalue weighted by atomic mass is 79.9. The molecule has 0 radical (unpaired) electrons. The molecule has 2 bridgehead atoms. The van der Waals surface area contributed by atoms with Gasteiger partial charge in [-0.2, -0.15) is 0 Å². The lowest BCUT2D eigenvalue weighted by molar-refractivity contribution is -0.123. The van der Waals surface area contributed by atoms with Gasteiger partial charge in [-0.1, -0.05) is 33.3 Å². The number of ether oxygens (including phenoxy) is 3. The van der Waals surface area contributed by atoms with Gasteiger partial charge in [0.15, 0.2) is 18.1 Å². The van der Waals surface area contributed by atoms with Gasteiger partial charge in [0.1, 0.15) is 0 Å². The van der Waals surface area contributed by atoms with E-state index in [-0.39, 0.29) is 64.7 Å². The number of amides is 3. The Bertz CT molecular complexity index is 2120. The lowest BCUT2D eigenvalue weighted by Crippen LogP contribution is -2.42. The zero-order valence-electron chi connectivity index (χ0n) is 27.4. The second kappa shape index (κ2) is 13.3. The first-order valence-electron chi connectivity index (χ1n) is 16.6. The Hall–Kier alpha value is -4.40. The number of aromatic nitrogens is 1. The lowest BCUT2D eigenvalue weighted by Gasteiger charge is -2.43. The number of thioether (sulfide) groups is 1. The molecule has 51 heavy (non-hydrogen) atoms. The minimum absolute atomic E-state index is 0.00432. The van der Waals surface area contributed by atoms with Gasteiger partial charge in [-0.05, 0) is 97.3 Å². The molecule has 2 N–H and O–H groups in total. The van der Waals surface area contributed by atoms with Crippen LogP contribution in [-0.4, -0.2) is 54.2 Å². The molecule has 3 fully saturated rings. The monoisotopic (exact) mass is 789 g/mol. The summed E-state index contributed by atoms with van der Waals surface area (Å²) in [6.07, 6.45) is 0.776. The number of thiazole rings is 1. The smallest absolute Gasteiger partial charge is 0.338 e. The summed E-state index contributed by atoms with van der Waals surface area (Å²) in [4.78, 5) is 70.5. The van der Waals surface area contributed by atoms with Crippen LogP contribution >= 0.6 is 39.0 Å². The maximum absolute atomic E-state index is 14.0. The average molecular weight is 791 g/mol. The van der Waals surface area contributed by atoms with Crippen molar-refractivity contribution in [2.45, 2.75) is 29.5 Å². The van der Waals surface area contributed by atoms with Crippen LogP contribution in [0.4, 0.5) is 11.4 Å². The largest absolute Gasteiger partial charge is 0.493 e. The SMILES string of the molecule is CCOC(=O)c1ccc(NC(=O)COc2ccc([C@H]3c4sc(=O)[nH]c4SC4C3[C@H]3C[C@@H]4C4C(=O)N(c5ccc(Br)cc5)C(=O)C43)cc2OC)cc1. The summed E-state index contributed by atoms with van der Waals surface area (Å²) >= 11 is 6.25. The number of anilines is 2. The normalized spacial score (nSPS) is 25.6. The molecule has 2 aliphatic carbocycles. The average Bonchev–Trinajstić information content (AvgIpc) is 3.87. The molecule has 2 aliphatic heterocycles. The van der Waals surface area contributed by atoms with E-state index in [9.17, 15) is 24.0 Å². The number of methoxy groups -OCH3 is 1. The van der Waals surface area contributed by atoms with Crippen molar-refractivity contribution < 1.29 is 33.4 Å². The Labute approximate surface area is 309 Å². The van der Waals surface area contributed by atoms with Gasteiger partial charge >= 0.3 is 10.8 Å². The fourth-order valence-electron chi connectivity index (χ4n) is 8.48. The van der Waals surface area contributed by atoms with Crippen LogP contribution < -0.4 is 24.6 Å². The number of halogens is 1. The van der Waals surface area contributed by atoms with Crippen LogP contribution in [0.15, 0.2) is 81.0 Å². The molecule has 4 aromatic rings. The van der Waals surface area contributed by atoms with Crippen LogP contribution in [0.25, 0.3) is 0 Å². The minimum Gasteiger partial charge on any atom is -0.493 e. The van der Waals surface area contributed by atoms with Gasteiger partial charge in [0.05, 0.1) is 41.8 Å². The van der Waals surface area contributed by atoms with E-state index in [1.807, 2.05) is 24.3 Å². The summed E-state index contributed by atoms with van der Waals surface area (Å²) in [6, 6.07) is 19.2. The molecule has 7 atom stereocenters. The molecule has 2 saturated carbocycles. The summed E-state index contributed by atoms with van der Waals surface area (Å²) < 4.78 is 17.5.